The lowest BCUT2D eigenvalue weighted by atomic mass is 10.3. The summed E-state index contributed by atoms with van der Waals surface area (Å²) in [6, 6.07) is 0.692. The molecule has 1 aromatic rings. The van der Waals surface area contributed by atoms with Crippen LogP contribution in [0.25, 0.3) is 0 Å². The first-order valence-corrected chi connectivity index (χ1v) is 5.70. The van der Waals surface area contributed by atoms with E-state index < -0.39 is 0 Å². The maximum Gasteiger partial charge on any atom is 0.202 e. The van der Waals surface area contributed by atoms with Gasteiger partial charge < -0.3 is 5.32 Å². The standard InChI is InChI=1S/C9H13N3S/c1-5-4-7(5)8-11-9(13-12-8)10-6-2-3-6/h5-7H,2-4H2,1H3,(H,10,11,12). The van der Waals surface area contributed by atoms with Gasteiger partial charge in [0.1, 0.15) is 5.82 Å². The monoisotopic (exact) mass is 195 g/mol. The van der Waals surface area contributed by atoms with Crippen LogP contribution in [0.2, 0.25) is 0 Å². The molecule has 3 nitrogen and oxygen atoms in total. The fraction of sp³-hybridized carbons (Fsp3) is 0.778. The van der Waals surface area contributed by atoms with Gasteiger partial charge in [0.15, 0.2) is 0 Å². The Hall–Kier alpha value is -0.640. The summed E-state index contributed by atoms with van der Waals surface area (Å²) < 4.78 is 4.38. The molecule has 2 aliphatic rings. The summed E-state index contributed by atoms with van der Waals surface area (Å²) in [5.41, 5.74) is 0. The summed E-state index contributed by atoms with van der Waals surface area (Å²) in [7, 11) is 0. The second-order valence-electron chi connectivity index (χ2n) is 4.20. The number of hydrogen-bond acceptors (Lipinski definition) is 4. The third-order valence-corrected chi connectivity index (χ3v) is 3.45. The zero-order valence-corrected chi connectivity index (χ0v) is 8.47. The van der Waals surface area contributed by atoms with Gasteiger partial charge in [0.25, 0.3) is 0 Å². The molecular weight excluding hydrogens is 182 g/mol. The van der Waals surface area contributed by atoms with Gasteiger partial charge in [-0.05, 0) is 25.2 Å². The Balaban J connectivity index is 1.70. The Morgan fingerprint density at radius 1 is 1.46 bits per heavy atom. The summed E-state index contributed by atoms with van der Waals surface area (Å²) >= 11 is 1.52. The van der Waals surface area contributed by atoms with Gasteiger partial charge in [-0.3, -0.25) is 0 Å². The Bertz CT molecular complexity index is 318. The molecule has 4 heteroatoms. The lowest BCUT2D eigenvalue weighted by molar-refractivity contribution is 0.867. The molecule has 1 aromatic heterocycles. The van der Waals surface area contributed by atoms with Gasteiger partial charge in [-0.15, -0.1) is 0 Å². The van der Waals surface area contributed by atoms with E-state index in [2.05, 4.69) is 21.6 Å². The van der Waals surface area contributed by atoms with Gasteiger partial charge >= 0.3 is 0 Å². The largest absolute Gasteiger partial charge is 0.358 e. The highest BCUT2D eigenvalue weighted by Gasteiger charge is 2.37. The molecule has 0 radical (unpaired) electrons. The van der Waals surface area contributed by atoms with Crippen molar-refractivity contribution in [3.8, 4) is 0 Å². The van der Waals surface area contributed by atoms with Crippen LogP contribution in [0.1, 0.15) is 37.9 Å². The van der Waals surface area contributed by atoms with Crippen molar-refractivity contribution in [2.45, 2.75) is 38.1 Å². The van der Waals surface area contributed by atoms with E-state index >= 15 is 0 Å². The number of hydrogen-bond donors (Lipinski definition) is 1. The van der Waals surface area contributed by atoms with Gasteiger partial charge in [0, 0.05) is 23.5 Å². The molecule has 0 aromatic carbocycles. The van der Waals surface area contributed by atoms with E-state index in [1.165, 1.54) is 30.8 Å². The highest BCUT2D eigenvalue weighted by Crippen LogP contribution is 2.46. The highest BCUT2D eigenvalue weighted by atomic mass is 32.1. The lowest BCUT2D eigenvalue weighted by Gasteiger charge is -1.94. The van der Waals surface area contributed by atoms with Crippen LogP contribution in [0.4, 0.5) is 5.13 Å². The summed E-state index contributed by atoms with van der Waals surface area (Å²) in [5.74, 6) is 2.54. The zero-order chi connectivity index (χ0) is 8.84. The third kappa shape index (κ3) is 1.55. The molecule has 70 valence electrons. The molecule has 1 N–H and O–H groups in total. The van der Waals surface area contributed by atoms with Gasteiger partial charge in [0.05, 0.1) is 0 Å². The van der Waals surface area contributed by atoms with Crippen molar-refractivity contribution in [3.63, 3.8) is 0 Å². The maximum absolute atomic E-state index is 4.50. The molecule has 2 aliphatic carbocycles. The summed E-state index contributed by atoms with van der Waals surface area (Å²) in [6.45, 7) is 2.26. The predicted molar refractivity (Wildman–Crippen MR) is 53.1 cm³/mol. The van der Waals surface area contributed by atoms with Crippen LogP contribution >= 0.6 is 11.5 Å². The molecule has 2 atom stereocenters. The van der Waals surface area contributed by atoms with E-state index in [0.717, 1.165) is 16.9 Å². The van der Waals surface area contributed by atoms with Gasteiger partial charge in [-0.25, -0.2) is 4.98 Å². The first-order valence-electron chi connectivity index (χ1n) is 4.93. The minimum Gasteiger partial charge on any atom is -0.358 e. The molecule has 0 amide bonds. The van der Waals surface area contributed by atoms with E-state index in [4.69, 9.17) is 0 Å². The lowest BCUT2D eigenvalue weighted by Crippen LogP contribution is -1.99. The maximum atomic E-state index is 4.50. The average molecular weight is 195 g/mol. The fourth-order valence-electron chi connectivity index (χ4n) is 1.53. The summed E-state index contributed by atoms with van der Waals surface area (Å²) in [6.07, 6.45) is 3.88. The van der Waals surface area contributed by atoms with Crippen LogP contribution < -0.4 is 5.32 Å². The van der Waals surface area contributed by atoms with E-state index in [0.29, 0.717) is 12.0 Å². The fourth-order valence-corrected chi connectivity index (χ4v) is 2.24. The zero-order valence-electron chi connectivity index (χ0n) is 7.66. The molecule has 2 fully saturated rings. The van der Waals surface area contributed by atoms with Gasteiger partial charge in [0.2, 0.25) is 5.13 Å². The number of aromatic nitrogens is 2. The summed E-state index contributed by atoms with van der Waals surface area (Å²) in [5, 5.41) is 4.40. The Morgan fingerprint density at radius 2 is 2.23 bits per heavy atom. The van der Waals surface area contributed by atoms with E-state index in [9.17, 15) is 0 Å². The molecule has 2 saturated carbocycles. The van der Waals surface area contributed by atoms with Crippen molar-refractivity contribution < 1.29 is 0 Å². The van der Waals surface area contributed by atoms with Crippen molar-refractivity contribution >= 4 is 16.7 Å². The van der Waals surface area contributed by atoms with Crippen LogP contribution in [0.3, 0.4) is 0 Å². The van der Waals surface area contributed by atoms with Crippen molar-refractivity contribution in [1.82, 2.24) is 9.36 Å². The van der Waals surface area contributed by atoms with Crippen LogP contribution in [-0.2, 0) is 0 Å². The topological polar surface area (TPSA) is 37.8 Å². The molecular formula is C9H13N3S. The first-order chi connectivity index (χ1) is 6.33. The van der Waals surface area contributed by atoms with Gasteiger partial charge in [-0.1, -0.05) is 6.92 Å². The normalized spacial score (nSPS) is 31.8. The average Bonchev–Trinajstić information content (AvgIpc) is 2.97. The van der Waals surface area contributed by atoms with E-state index in [1.54, 1.807) is 0 Å². The number of nitrogens with one attached hydrogen (secondary N) is 1. The van der Waals surface area contributed by atoms with Crippen molar-refractivity contribution in [2.24, 2.45) is 5.92 Å². The molecule has 3 rings (SSSR count). The molecule has 1 heterocycles. The van der Waals surface area contributed by atoms with Crippen LogP contribution in [0, 0.1) is 5.92 Å². The van der Waals surface area contributed by atoms with E-state index in [1.807, 2.05) is 0 Å². The second-order valence-corrected chi connectivity index (χ2v) is 4.95. The molecule has 13 heavy (non-hydrogen) atoms. The second kappa shape index (κ2) is 2.67. The van der Waals surface area contributed by atoms with Crippen LogP contribution in [0.5, 0.6) is 0 Å². The smallest absolute Gasteiger partial charge is 0.202 e. The van der Waals surface area contributed by atoms with Crippen molar-refractivity contribution in [3.05, 3.63) is 5.82 Å². The molecule has 0 spiro atoms. The number of nitrogens with zero attached hydrogens (tertiary/aromatic N) is 2. The minimum atomic E-state index is 0.658. The Kier molecular flexibility index (Phi) is 1.59. The summed E-state index contributed by atoms with van der Waals surface area (Å²) in [4.78, 5) is 4.50. The van der Waals surface area contributed by atoms with Crippen LogP contribution in [-0.4, -0.2) is 15.4 Å². The quantitative estimate of drug-likeness (QED) is 0.803. The highest BCUT2D eigenvalue weighted by molar-refractivity contribution is 7.09. The third-order valence-electron chi connectivity index (χ3n) is 2.79. The number of anilines is 1. The first kappa shape index (κ1) is 7.74. The molecule has 2 unspecified atom stereocenters. The molecule has 0 aliphatic heterocycles. The SMILES string of the molecule is CC1CC1c1nsc(NC2CC2)n1. The minimum absolute atomic E-state index is 0.658. The molecule has 0 saturated heterocycles. The van der Waals surface area contributed by atoms with E-state index in [-0.39, 0.29) is 0 Å². The molecule has 0 bridgehead atoms. The van der Waals surface area contributed by atoms with Crippen molar-refractivity contribution in [2.75, 3.05) is 5.32 Å². The van der Waals surface area contributed by atoms with Gasteiger partial charge in [-0.2, -0.15) is 4.37 Å². The Labute approximate surface area is 81.7 Å². The van der Waals surface area contributed by atoms with Crippen molar-refractivity contribution in [1.29, 1.82) is 0 Å². The predicted octanol–water partition coefficient (Wildman–Crippen LogP) is 2.24. The number of rotatable bonds is 3. The van der Waals surface area contributed by atoms with Crippen LogP contribution in [0.15, 0.2) is 0 Å². The Morgan fingerprint density at radius 3 is 2.85 bits per heavy atom.